The van der Waals surface area contributed by atoms with Crippen molar-refractivity contribution in [1.82, 2.24) is 4.98 Å². The number of benzene rings is 1. The normalized spacial score (nSPS) is 10.2. The number of pyridine rings is 1. The van der Waals surface area contributed by atoms with Gasteiger partial charge in [0.1, 0.15) is 0 Å². The van der Waals surface area contributed by atoms with E-state index in [2.05, 4.69) is 4.98 Å². The fourth-order valence-corrected chi connectivity index (χ4v) is 1.68. The number of hydrogen-bond acceptors (Lipinski definition) is 2. The Balaban J connectivity index is 2.32. The van der Waals surface area contributed by atoms with Crippen molar-refractivity contribution in [3.63, 3.8) is 0 Å². The van der Waals surface area contributed by atoms with Gasteiger partial charge in [-0.1, -0.05) is 23.7 Å². The highest BCUT2D eigenvalue weighted by atomic mass is 35.5. The number of carbonyl (C=O) groups is 1. The van der Waals surface area contributed by atoms with Crippen LogP contribution in [0.25, 0.3) is 11.1 Å². The lowest BCUT2D eigenvalue weighted by molar-refractivity contribution is -0.136. The van der Waals surface area contributed by atoms with Gasteiger partial charge in [-0.3, -0.25) is 9.78 Å². The average Bonchev–Trinajstić information content (AvgIpc) is 2.29. The van der Waals surface area contributed by atoms with Crippen LogP contribution in [-0.2, 0) is 11.2 Å². The molecule has 0 fully saturated rings. The number of aliphatic carboxylic acids is 1. The number of rotatable bonds is 3. The van der Waals surface area contributed by atoms with Gasteiger partial charge in [0.05, 0.1) is 12.1 Å². The Hall–Kier alpha value is -1.87. The predicted molar refractivity (Wildman–Crippen MR) is 66.0 cm³/mol. The highest BCUT2D eigenvalue weighted by molar-refractivity contribution is 6.30. The summed E-state index contributed by atoms with van der Waals surface area (Å²) in [5.41, 5.74) is 2.47. The minimum Gasteiger partial charge on any atom is -0.481 e. The first-order chi connectivity index (χ1) is 8.15. The van der Waals surface area contributed by atoms with Crippen LogP contribution >= 0.6 is 11.6 Å². The monoisotopic (exact) mass is 247 g/mol. The summed E-state index contributed by atoms with van der Waals surface area (Å²) in [6.07, 6.45) is 1.55. The molecule has 3 nitrogen and oxygen atoms in total. The lowest BCUT2D eigenvalue weighted by Gasteiger charge is -2.03. The first kappa shape index (κ1) is 11.6. The number of hydrogen-bond donors (Lipinski definition) is 1. The second-order valence-corrected chi connectivity index (χ2v) is 4.05. The molecule has 4 heteroatoms. The van der Waals surface area contributed by atoms with E-state index < -0.39 is 5.97 Å². The Bertz CT molecular complexity index is 537. The summed E-state index contributed by atoms with van der Waals surface area (Å²) in [6.45, 7) is 0. The van der Waals surface area contributed by atoms with E-state index in [1.165, 1.54) is 0 Å². The molecule has 2 aromatic rings. The summed E-state index contributed by atoms with van der Waals surface area (Å²) >= 11 is 5.81. The summed E-state index contributed by atoms with van der Waals surface area (Å²) in [5, 5.41) is 9.38. The van der Waals surface area contributed by atoms with E-state index in [4.69, 9.17) is 16.7 Å². The fraction of sp³-hybridized carbons (Fsp3) is 0.0769. The first-order valence-electron chi connectivity index (χ1n) is 5.08. The molecule has 0 amide bonds. The van der Waals surface area contributed by atoms with E-state index in [0.717, 1.165) is 11.1 Å². The Labute approximate surface area is 104 Å². The van der Waals surface area contributed by atoms with Gasteiger partial charge in [0.25, 0.3) is 0 Å². The van der Waals surface area contributed by atoms with Crippen LogP contribution in [0.3, 0.4) is 0 Å². The highest BCUT2D eigenvalue weighted by Crippen LogP contribution is 2.21. The van der Waals surface area contributed by atoms with Crippen LogP contribution in [0.4, 0.5) is 0 Å². The molecule has 1 heterocycles. The lowest BCUT2D eigenvalue weighted by Crippen LogP contribution is -2.02. The second kappa shape index (κ2) is 4.97. The molecule has 0 bridgehead atoms. The zero-order chi connectivity index (χ0) is 12.3. The number of nitrogens with zero attached hydrogens (tertiary/aromatic N) is 1. The van der Waals surface area contributed by atoms with Gasteiger partial charge < -0.3 is 5.11 Å². The minimum absolute atomic E-state index is 0.0680. The molecule has 1 aromatic heterocycles. The fourth-order valence-electron chi connectivity index (χ4n) is 1.55. The van der Waals surface area contributed by atoms with E-state index in [-0.39, 0.29) is 6.42 Å². The number of aromatic nitrogens is 1. The van der Waals surface area contributed by atoms with Crippen molar-refractivity contribution in [1.29, 1.82) is 0 Å². The lowest BCUT2D eigenvalue weighted by atomic mass is 10.1. The summed E-state index contributed by atoms with van der Waals surface area (Å²) in [7, 11) is 0. The Morgan fingerprint density at radius 1 is 1.18 bits per heavy atom. The van der Waals surface area contributed by atoms with Crippen molar-refractivity contribution in [3.8, 4) is 11.1 Å². The van der Waals surface area contributed by atoms with Crippen LogP contribution in [0.15, 0.2) is 42.6 Å². The van der Waals surface area contributed by atoms with Gasteiger partial charge in [-0.15, -0.1) is 0 Å². The third-order valence-corrected chi connectivity index (χ3v) is 2.58. The van der Waals surface area contributed by atoms with Gasteiger partial charge in [-0.25, -0.2) is 0 Å². The topological polar surface area (TPSA) is 50.2 Å². The first-order valence-corrected chi connectivity index (χ1v) is 5.45. The van der Waals surface area contributed by atoms with Crippen LogP contribution < -0.4 is 0 Å². The molecule has 0 spiro atoms. The molecule has 0 saturated carbocycles. The SMILES string of the molecule is O=C(O)Cc1cc(-c2ccc(Cl)cc2)ccn1. The van der Waals surface area contributed by atoms with Crippen molar-refractivity contribution in [3.05, 3.63) is 53.3 Å². The molecule has 0 saturated heterocycles. The molecule has 0 radical (unpaired) electrons. The molecule has 0 aliphatic rings. The third-order valence-electron chi connectivity index (χ3n) is 2.33. The summed E-state index contributed by atoms with van der Waals surface area (Å²) in [5.74, 6) is -0.884. The molecular formula is C13H10ClNO2. The van der Waals surface area contributed by atoms with Gasteiger partial charge in [0.15, 0.2) is 0 Å². The van der Waals surface area contributed by atoms with Crippen LogP contribution in [0.1, 0.15) is 5.69 Å². The zero-order valence-electron chi connectivity index (χ0n) is 8.93. The molecular weight excluding hydrogens is 238 g/mol. The van der Waals surface area contributed by atoms with Crippen LogP contribution in [0.5, 0.6) is 0 Å². The summed E-state index contributed by atoms with van der Waals surface area (Å²) < 4.78 is 0. The van der Waals surface area contributed by atoms with Gasteiger partial charge in [0, 0.05) is 11.2 Å². The largest absolute Gasteiger partial charge is 0.481 e. The average molecular weight is 248 g/mol. The summed E-state index contributed by atoms with van der Waals surface area (Å²) in [6, 6.07) is 11.0. The molecule has 1 aromatic carbocycles. The zero-order valence-corrected chi connectivity index (χ0v) is 9.69. The van der Waals surface area contributed by atoms with Gasteiger partial charge in [0.2, 0.25) is 0 Å². The molecule has 0 aliphatic heterocycles. The quantitative estimate of drug-likeness (QED) is 0.907. The molecule has 0 atom stereocenters. The Morgan fingerprint density at radius 3 is 2.53 bits per heavy atom. The van der Waals surface area contributed by atoms with Crippen molar-refractivity contribution < 1.29 is 9.90 Å². The van der Waals surface area contributed by atoms with E-state index in [9.17, 15) is 4.79 Å². The van der Waals surface area contributed by atoms with Gasteiger partial charge >= 0.3 is 5.97 Å². The second-order valence-electron chi connectivity index (χ2n) is 3.61. The summed E-state index contributed by atoms with van der Waals surface area (Å²) in [4.78, 5) is 14.6. The van der Waals surface area contributed by atoms with Crippen molar-refractivity contribution >= 4 is 17.6 Å². The molecule has 2 rings (SSSR count). The third kappa shape index (κ3) is 3.04. The molecule has 86 valence electrons. The van der Waals surface area contributed by atoms with E-state index >= 15 is 0 Å². The van der Waals surface area contributed by atoms with Gasteiger partial charge in [-0.2, -0.15) is 0 Å². The number of halogens is 1. The maximum atomic E-state index is 10.6. The molecule has 1 N–H and O–H groups in total. The van der Waals surface area contributed by atoms with Crippen LogP contribution in [0, 0.1) is 0 Å². The maximum Gasteiger partial charge on any atom is 0.309 e. The molecule has 0 unspecified atom stereocenters. The highest BCUT2D eigenvalue weighted by Gasteiger charge is 2.04. The smallest absolute Gasteiger partial charge is 0.309 e. The van der Waals surface area contributed by atoms with Crippen LogP contribution in [-0.4, -0.2) is 16.1 Å². The maximum absolute atomic E-state index is 10.6. The van der Waals surface area contributed by atoms with Crippen molar-refractivity contribution in [2.24, 2.45) is 0 Å². The van der Waals surface area contributed by atoms with Crippen LogP contribution in [0.2, 0.25) is 5.02 Å². The van der Waals surface area contributed by atoms with Crippen molar-refractivity contribution in [2.45, 2.75) is 6.42 Å². The van der Waals surface area contributed by atoms with E-state index in [0.29, 0.717) is 10.7 Å². The Morgan fingerprint density at radius 2 is 1.88 bits per heavy atom. The molecule has 0 aliphatic carbocycles. The number of carboxylic acid groups (broad SMARTS) is 1. The number of carboxylic acids is 1. The van der Waals surface area contributed by atoms with Crippen molar-refractivity contribution in [2.75, 3.05) is 0 Å². The standard InChI is InChI=1S/C13H10ClNO2/c14-11-3-1-9(2-4-11)10-5-6-15-12(7-10)8-13(16)17/h1-7H,8H2,(H,16,17). The van der Waals surface area contributed by atoms with Gasteiger partial charge in [-0.05, 0) is 35.4 Å². The molecule has 17 heavy (non-hydrogen) atoms. The predicted octanol–water partition coefficient (Wildman–Crippen LogP) is 3.03. The van der Waals surface area contributed by atoms with E-state index in [1.54, 1.807) is 24.4 Å². The Kier molecular flexibility index (Phi) is 3.40. The van der Waals surface area contributed by atoms with E-state index in [1.807, 2.05) is 18.2 Å². The minimum atomic E-state index is -0.884.